The number of phosphoric acid groups is 1. The molecule has 1 unspecified atom stereocenters. The Morgan fingerprint density at radius 1 is 0.566 bits per heavy atom. The molecule has 0 aliphatic rings. The number of esters is 2. The summed E-state index contributed by atoms with van der Waals surface area (Å²) >= 11 is 0. The van der Waals surface area contributed by atoms with E-state index in [2.05, 4.69) is 26.0 Å². The Kier molecular flexibility index (Phi) is 35.5. The highest BCUT2D eigenvalue weighted by Crippen LogP contribution is 2.43. The molecule has 0 amide bonds. The van der Waals surface area contributed by atoms with E-state index in [0.717, 1.165) is 51.4 Å². The lowest BCUT2D eigenvalue weighted by atomic mass is 10.0. The van der Waals surface area contributed by atoms with E-state index in [0.29, 0.717) is 23.9 Å². The minimum atomic E-state index is -4.37. The number of nitrogens with zero attached hydrogens (tertiary/aromatic N) is 1. The van der Waals surface area contributed by atoms with Gasteiger partial charge < -0.3 is 18.9 Å². The molecule has 0 aliphatic heterocycles. The highest BCUT2D eigenvalue weighted by molar-refractivity contribution is 7.47. The summed E-state index contributed by atoms with van der Waals surface area (Å²) in [5, 5.41) is 0. The van der Waals surface area contributed by atoms with E-state index in [9.17, 15) is 19.0 Å². The van der Waals surface area contributed by atoms with Crippen LogP contribution < -0.4 is 0 Å². The van der Waals surface area contributed by atoms with Crippen molar-refractivity contribution in [3.8, 4) is 0 Å². The van der Waals surface area contributed by atoms with Gasteiger partial charge in [-0.3, -0.25) is 18.6 Å². The third kappa shape index (κ3) is 40.2. The van der Waals surface area contributed by atoms with Crippen LogP contribution in [0.3, 0.4) is 0 Å². The molecule has 1 N–H and O–H groups in total. The lowest BCUT2D eigenvalue weighted by molar-refractivity contribution is -0.870. The molecule has 314 valence electrons. The normalized spacial score (nSPS) is 13.7. The van der Waals surface area contributed by atoms with Crippen molar-refractivity contribution < 1.29 is 42.1 Å². The predicted molar refractivity (Wildman–Crippen MR) is 220 cm³/mol. The SMILES string of the molecule is CCCCCC/C=C/CCCCCCCC(=O)O[C@H](COC(=O)CCCCCCCCCCCCCCCCCC)COP(=O)(O)OCC[N+](C)(C)C. The molecule has 0 bridgehead atoms. The van der Waals surface area contributed by atoms with Crippen molar-refractivity contribution in [1.82, 2.24) is 0 Å². The van der Waals surface area contributed by atoms with Crippen LogP contribution in [0.15, 0.2) is 12.2 Å². The van der Waals surface area contributed by atoms with Crippen molar-refractivity contribution in [2.24, 2.45) is 0 Å². The second-order valence-corrected chi connectivity index (χ2v) is 17.5. The zero-order valence-corrected chi connectivity index (χ0v) is 36.2. The van der Waals surface area contributed by atoms with Gasteiger partial charge in [0, 0.05) is 12.8 Å². The summed E-state index contributed by atoms with van der Waals surface area (Å²) in [4.78, 5) is 35.3. The topological polar surface area (TPSA) is 108 Å². The van der Waals surface area contributed by atoms with Gasteiger partial charge in [-0.05, 0) is 38.5 Å². The van der Waals surface area contributed by atoms with E-state index in [-0.39, 0.29) is 25.6 Å². The van der Waals surface area contributed by atoms with Gasteiger partial charge in [-0.2, -0.15) is 0 Å². The van der Waals surface area contributed by atoms with Crippen molar-refractivity contribution in [2.75, 3.05) is 47.5 Å². The van der Waals surface area contributed by atoms with E-state index in [1.54, 1.807) is 0 Å². The molecular formula is C43H85NO8P+. The molecule has 53 heavy (non-hydrogen) atoms. The van der Waals surface area contributed by atoms with Gasteiger partial charge in [0.15, 0.2) is 6.10 Å². The summed E-state index contributed by atoms with van der Waals surface area (Å²) in [7, 11) is 1.48. The van der Waals surface area contributed by atoms with Crippen LogP contribution in [0.1, 0.15) is 200 Å². The van der Waals surface area contributed by atoms with Crippen LogP contribution in [0.5, 0.6) is 0 Å². The van der Waals surface area contributed by atoms with E-state index >= 15 is 0 Å². The maximum absolute atomic E-state index is 12.7. The minimum absolute atomic E-state index is 0.0331. The fourth-order valence-electron chi connectivity index (χ4n) is 6.07. The highest BCUT2D eigenvalue weighted by Gasteiger charge is 2.27. The second-order valence-electron chi connectivity index (χ2n) is 16.1. The molecule has 0 spiro atoms. The Hall–Kier alpha value is -1.25. The van der Waals surface area contributed by atoms with Gasteiger partial charge in [-0.25, -0.2) is 4.57 Å². The van der Waals surface area contributed by atoms with Crippen molar-refractivity contribution in [3.63, 3.8) is 0 Å². The molecule has 0 aliphatic carbocycles. The average Bonchev–Trinajstić information content (AvgIpc) is 3.10. The van der Waals surface area contributed by atoms with E-state index in [1.807, 2.05) is 21.1 Å². The van der Waals surface area contributed by atoms with Crippen LogP contribution in [0.25, 0.3) is 0 Å². The number of unbranched alkanes of at least 4 members (excludes halogenated alkanes) is 24. The Labute approximate surface area is 326 Å². The molecule has 0 aromatic heterocycles. The number of carbonyl (C=O) groups excluding carboxylic acids is 2. The van der Waals surface area contributed by atoms with Crippen molar-refractivity contribution in [3.05, 3.63) is 12.2 Å². The summed E-state index contributed by atoms with van der Waals surface area (Å²) < 4.78 is 34.3. The van der Waals surface area contributed by atoms with Crippen molar-refractivity contribution >= 4 is 19.8 Å². The van der Waals surface area contributed by atoms with Crippen LogP contribution in [0, 0.1) is 0 Å². The Balaban J connectivity index is 4.33. The Bertz CT molecular complexity index is 922. The summed E-state index contributed by atoms with van der Waals surface area (Å²) in [6.07, 6.45) is 36.8. The van der Waals surface area contributed by atoms with Gasteiger partial charge in [0.1, 0.15) is 19.8 Å². The number of allylic oxidation sites excluding steroid dienone is 2. The fraction of sp³-hybridized carbons (Fsp3) is 0.907. The predicted octanol–water partition coefficient (Wildman–Crippen LogP) is 12.2. The van der Waals surface area contributed by atoms with Gasteiger partial charge in [0.05, 0.1) is 27.7 Å². The number of likely N-dealkylation sites (N-methyl/N-ethyl adjacent to an activating group) is 1. The summed E-state index contributed by atoms with van der Waals surface area (Å²) in [5.74, 6) is -0.800. The van der Waals surface area contributed by atoms with Gasteiger partial charge >= 0.3 is 19.8 Å². The molecular weight excluding hydrogens is 689 g/mol. The first-order valence-corrected chi connectivity index (χ1v) is 23.4. The number of hydrogen-bond acceptors (Lipinski definition) is 7. The molecule has 9 nitrogen and oxygen atoms in total. The summed E-state index contributed by atoms with van der Waals surface area (Å²) in [6, 6.07) is 0. The largest absolute Gasteiger partial charge is 0.472 e. The van der Waals surface area contributed by atoms with Crippen LogP contribution >= 0.6 is 7.82 Å². The van der Waals surface area contributed by atoms with E-state index in [1.165, 1.54) is 116 Å². The third-order valence-electron chi connectivity index (χ3n) is 9.55. The molecule has 0 aromatic rings. The molecule has 0 heterocycles. The molecule has 10 heteroatoms. The van der Waals surface area contributed by atoms with Crippen LogP contribution in [-0.2, 0) is 32.7 Å². The highest BCUT2D eigenvalue weighted by atomic mass is 31.2. The number of rotatable bonds is 40. The molecule has 0 saturated heterocycles. The summed E-state index contributed by atoms with van der Waals surface area (Å²) in [5.41, 5.74) is 0. The lowest BCUT2D eigenvalue weighted by Crippen LogP contribution is -2.37. The zero-order chi connectivity index (χ0) is 39.3. The fourth-order valence-corrected chi connectivity index (χ4v) is 6.81. The number of phosphoric ester groups is 1. The number of ether oxygens (including phenoxy) is 2. The maximum atomic E-state index is 12.7. The molecule has 0 radical (unpaired) electrons. The summed E-state index contributed by atoms with van der Waals surface area (Å²) in [6.45, 7) is 4.42. The maximum Gasteiger partial charge on any atom is 0.472 e. The molecule has 0 rings (SSSR count). The van der Waals surface area contributed by atoms with Crippen LogP contribution in [-0.4, -0.2) is 74.9 Å². The monoisotopic (exact) mass is 775 g/mol. The van der Waals surface area contributed by atoms with Crippen molar-refractivity contribution in [2.45, 2.75) is 206 Å². The Morgan fingerprint density at radius 2 is 0.962 bits per heavy atom. The van der Waals surface area contributed by atoms with E-state index < -0.39 is 26.5 Å². The Morgan fingerprint density at radius 3 is 1.42 bits per heavy atom. The number of hydrogen-bond donors (Lipinski definition) is 1. The third-order valence-corrected chi connectivity index (χ3v) is 10.5. The first kappa shape index (κ1) is 51.8. The van der Waals surface area contributed by atoms with Gasteiger partial charge in [-0.15, -0.1) is 0 Å². The second kappa shape index (κ2) is 36.4. The zero-order valence-electron chi connectivity index (χ0n) is 35.3. The molecule has 0 fully saturated rings. The quantitative estimate of drug-likeness (QED) is 0.0215. The first-order chi connectivity index (χ1) is 25.5. The van der Waals surface area contributed by atoms with Gasteiger partial charge in [-0.1, -0.05) is 161 Å². The van der Waals surface area contributed by atoms with E-state index in [4.69, 9.17) is 18.5 Å². The smallest absolute Gasteiger partial charge is 0.462 e. The van der Waals surface area contributed by atoms with Gasteiger partial charge in [0.2, 0.25) is 0 Å². The minimum Gasteiger partial charge on any atom is -0.462 e. The molecule has 0 aromatic carbocycles. The number of quaternary nitrogens is 1. The first-order valence-electron chi connectivity index (χ1n) is 21.9. The number of carbonyl (C=O) groups is 2. The van der Waals surface area contributed by atoms with Gasteiger partial charge in [0.25, 0.3) is 0 Å². The van der Waals surface area contributed by atoms with Crippen LogP contribution in [0.2, 0.25) is 0 Å². The molecule has 2 atom stereocenters. The van der Waals surface area contributed by atoms with Crippen LogP contribution in [0.4, 0.5) is 0 Å². The average molecular weight is 775 g/mol. The molecule has 0 saturated carbocycles. The standard InChI is InChI=1S/C43H84NO8P/c1-6-8-10-12-14-16-18-20-21-22-24-25-27-29-31-33-35-42(45)49-39-41(40-51-53(47,48)50-38-37-44(3,4)5)52-43(46)36-34-32-30-28-26-23-19-17-15-13-11-9-7-2/h17,19,41H,6-16,18,20-40H2,1-5H3/p+1/b19-17+/t41-/m1/s1. The lowest BCUT2D eigenvalue weighted by Gasteiger charge is -2.24. The van der Waals surface area contributed by atoms with Crippen molar-refractivity contribution in [1.29, 1.82) is 0 Å².